The van der Waals surface area contributed by atoms with Crippen molar-refractivity contribution in [2.24, 2.45) is 0 Å². The molecule has 0 saturated heterocycles. The van der Waals surface area contributed by atoms with Crippen molar-refractivity contribution in [2.75, 3.05) is 11.9 Å². The predicted octanol–water partition coefficient (Wildman–Crippen LogP) is 5.90. The molecular weight excluding hydrogens is 353 g/mol. The van der Waals surface area contributed by atoms with Crippen LogP contribution in [0.3, 0.4) is 0 Å². The molecule has 0 atom stereocenters. The summed E-state index contributed by atoms with van der Waals surface area (Å²) in [7, 11) is 0. The maximum atomic E-state index is 6.45. The molecule has 4 rings (SSSR count). The van der Waals surface area contributed by atoms with Crippen molar-refractivity contribution >= 4 is 29.0 Å². The fourth-order valence-corrected chi connectivity index (χ4v) is 3.71. The minimum absolute atomic E-state index is 0.636. The number of fused-ring (bicyclic) bond motifs is 1. The van der Waals surface area contributed by atoms with Crippen LogP contribution >= 0.6 is 23.2 Å². The van der Waals surface area contributed by atoms with Crippen LogP contribution in [0, 0.1) is 6.92 Å². The highest BCUT2D eigenvalue weighted by molar-refractivity contribution is 6.34. The highest BCUT2D eigenvalue weighted by Gasteiger charge is 2.22. The van der Waals surface area contributed by atoms with Crippen molar-refractivity contribution < 1.29 is 0 Å². The van der Waals surface area contributed by atoms with E-state index in [1.165, 1.54) is 11.1 Å². The van der Waals surface area contributed by atoms with Crippen molar-refractivity contribution in [3.05, 3.63) is 63.6 Å². The average molecular weight is 372 g/mol. The molecule has 0 amide bonds. The zero-order valence-corrected chi connectivity index (χ0v) is 15.5. The van der Waals surface area contributed by atoms with Gasteiger partial charge in [0.05, 0.1) is 16.4 Å². The minimum atomic E-state index is 0.636. The molecule has 0 bridgehead atoms. The number of aryl methyl sites for hydroxylation is 1. The van der Waals surface area contributed by atoms with Crippen LogP contribution in [0.25, 0.3) is 16.9 Å². The molecule has 0 saturated carbocycles. The van der Waals surface area contributed by atoms with Crippen molar-refractivity contribution in [1.29, 1.82) is 0 Å². The van der Waals surface area contributed by atoms with Crippen molar-refractivity contribution in [3.8, 4) is 16.9 Å². The average Bonchev–Trinajstić information content (AvgIpc) is 2.78. The number of nitrogens with zero attached hydrogens (tertiary/aromatic N) is 2. The number of nitrogens with one attached hydrogen (secondary N) is 1. The largest absolute Gasteiger partial charge is 0.370 e. The zero-order valence-electron chi connectivity index (χ0n) is 14.0. The number of halogens is 2. The summed E-state index contributed by atoms with van der Waals surface area (Å²) in [6, 6.07) is 13.9. The van der Waals surface area contributed by atoms with Gasteiger partial charge in [-0.2, -0.15) is 5.10 Å². The van der Waals surface area contributed by atoms with Crippen LogP contribution in [-0.2, 0) is 6.42 Å². The third-order valence-corrected chi connectivity index (χ3v) is 5.11. The summed E-state index contributed by atoms with van der Waals surface area (Å²) in [6.45, 7) is 3.04. The van der Waals surface area contributed by atoms with E-state index in [-0.39, 0.29) is 0 Å². The van der Waals surface area contributed by atoms with Gasteiger partial charge >= 0.3 is 0 Å². The van der Waals surface area contributed by atoms with Crippen molar-refractivity contribution in [1.82, 2.24) is 9.78 Å². The number of hydrogen-bond donors (Lipinski definition) is 1. The second kappa shape index (κ2) is 6.74. The van der Waals surface area contributed by atoms with E-state index in [2.05, 4.69) is 36.5 Å². The van der Waals surface area contributed by atoms with Gasteiger partial charge < -0.3 is 5.32 Å². The van der Waals surface area contributed by atoms with Crippen LogP contribution in [0.2, 0.25) is 10.0 Å². The van der Waals surface area contributed by atoms with Crippen LogP contribution < -0.4 is 5.32 Å². The molecule has 3 aromatic rings. The molecule has 3 nitrogen and oxygen atoms in total. The zero-order chi connectivity index (χ0) is 17.4. The number of benzene rings is 2. The first-order valence-electron chi connectivity index (χ1n) is 8.52. The van der Waals surface area contributed by atoms with Crippen molar-refractivity contribution in [3.63, 3.8) is 0 Å². The molecule has 0 spiro atoms. The van der Waals surface area contributed by atoms with Gasteiger partial charge in [-0.3, -0.25) is 0 Å². The molecule has 1 aliphatic rings. The van der Waals surface area contributed by atoms with Gasteiger partial charge in [0.25, 0.3) is 0 Å². The van der Waals surface area contributed by atoms with Crippen molar-refractivity contribution in [2.45, 2.75) is 26.2 Å². The van der Waals surface area contributed by atoms with Gasteiger partial charge in [-0.15, -0.1) is 0 Å². The Labute approximate surface area is 157 Å². The normalized spacial score (nSPS) is 13.9. The predicted molar refractivity (Wildman–Crippen MR) is 105 cm³/mol. The van der Waals surface area contributed by atoms with E-state index in [0.29, 0.717) is 10.0 Å². The topological polar surface area (TPSA) is 29.9 Å². The highest BCUT2D eigenvalue weighted by atomic mass is 35.5. The second-order valence-electron chi connectivity index (χ2n) is 6.44. The van der Waals surface area contributed by atoms with Gasteiger partial charge in [-0.1, -0.05) is 47.0 Å². The molecule has 0 aliphatic carbocycles. The van der Waals surface area contributed by atoms with Gasteiger partial charge in [0.1, 0.15) is 5.82 Å². The molecule has 1 aromatic heterocycles. The molecule has 1 aliphatic heterocycles. The van der Waals surface area contributed by atoms with Crippen LogP contribution in [0.15, 0.2) is 42.5 Å². The van der Waals surface area contributed by atoms with Crippen LogP contribution in [0.4, 0.5) is 5.82 Å². The van der Waals surface area contributed by atoms with E-state index in [1.807, 2.05) is 16.8 Å². The first-order chi connectivity index (χ1) is 12.1. The van der Waals surface area contributed by atoms with Gasteiger partial charge in [-0.25, -0.2) is 4.68 Å². The third-order valence-electron chi connectivity index (χ3n) is 4.56. The van der Waals surface area contributed by atoms with Gasteiger partial charge in [0.2, 0.25) is 0 Å². The van der Waals surface area contributed by atoms with Crippen LogP contribution in [0.5, 0.6) is 0 Å². The van der Waals surface area contributed by atoms with Crippen LogP contribution in [0.1, 0.15) is 24.0 Å². The summed E-state index contributed by atoms with van der Waals surface area (Å²) < 4.78 is 1.91. The second-order valence-corrected chi connectivity index (χ2v) is 7.28. The molecule has 0 radical (unpaired) electrons. The van der Waals surface area contributed by atoms with Gasteiger partial charge in [0, 0.05) is 22.7 Å². The van der Waals surface area contributed by atoms with E-state index in [0.717, 1.165) is 48.6 Å². The lowest BCUT2D eigenvalue weighted by Gasteiger charge is -2.11. The van der Waals surface area contributed by atoms with Gasteiger partial charge in [0.15, 0.2) is 0 Å². The maximum Gasteiger partial charge on any atom is 0.133 e. The molecule has 0 fully saturated rings. The number of rotatable bonds is 2. The van der Waals surface area contributed by atoms with E-state index in [1.54, 1.807) is 6.07 Å². The standard InChI is InChI=1S/C20H19Cl2N3/c1-13-5-4-6-14(11-13)19-16-7-2-3-10-23-20(16)25(24-19)18-12-15(21)8-9-17(18)22/h4-6,8-9,11-12,23H,2-3,7,10H2,1H3. The van der Waals surface area contributed by atoms with E-state index >= 15 is 0 Å². The lowest BCUT2D eigenvalue weighted by atomic mass is 10.0. The Morgan fingerprint density at radius 3 is 2.80 bits per heavy atom. The Bertz CT molecular complexity index is 931. The number of aromatic nitrogens is 2. The summed E-state index contributed by atoms with van der Waals surface area (Å²) in [4.78, 5) is 0. The lowest BCUT2D eigenvalue weighted by Crippen LogP contribution is -2.07. The highest BCUT2D eigenvalue weighted by Crippen LogP contribution is 2.36. The Kier molecular flexibility index (Phi) is 4.45. The molecule has 25 heavy (non-hydrogen) atoms. The Balaban J connectivity index is 1.95. The van der Waals surface area contributed by atoms with E-state index in [9.17, 15) is 0 Å². The Hall–Kier alpha value is -1.97. The monoisotopic (exact) mass is 371 g/mol. The fourth-order valence-electron chi connectivity index (χ4n) is 3.35. The lowest BCUT2D eigenvalue weighted by molar-refractivity contribution is 0.780. The SMILES string of the molecule is Cc1cccc(-c2nn(-c3cc(Cl)ccc3Cl)c3c2CCCCN3)c1. The summed E-state index contributed by atoms with van der Waals surface area (Å²) in [5, 5.41) is 9.75. The molecule has 0 unspecified atom stereocenters. The van der Waals surface area contributed by atoms with Gasteiger partial charge in [-0.05, 0) is 50.5 Å². The summed E-state index contributed by atoms with van der Waals surface area (Å²) in [5.74, 6) is 1.03. The third kappa shape index (κ3) is 3.14. The fraction of sp³-hybridized carbons (Fsp3) is 0.250. The smallest absolute Gasteiger partial charge is 0.133 e. The molecular formula is C20H19Cl2N3. The molecule has 1 N–H and O–H groups in total. The van der Waals surface area contributed by atoms with E-state index in [4.69, 9.17) is 28.3 Å². The molecule has 2 heterocycles. The molecule has 128 valence electrons. The summed E-state index contributed by atoms with van der Waals surface area (Å²) in [6.07, 6.45) is 3.29. The minimum Gasteiger partial charge on any atom is -0.370 e. The maximum absolute atomic E-state index is 6.45. The summed E-state index contributed by atoms with van der Waals surface area (Å²) in [5.41, 5.74) is 5.43. The number of hydrogen-bond acceptors (Lipinski definition) is 2. The summed E-state index contributed by atoms with van der Waals surface area (Å²) >= 11 is 12.7. The quantitative estimate of drug-likeness (QED) is 0.607. The molecule has 5 heteroatoms. The first kappa shape index (κ1) is 16.5. The van der Waals surface area contributed by atoms with E-state index < -0.39 is 0 Å². The Morgan fingerprint density at radius 2 is 1.96 bits per heavy atom. The Morgan fingerprint density at radius 1 is 1.08 bits per heavy atom. The molecule has 2 aromatic carbocycles. The number of anilines is 1. The first-order valence-corrected chi connectivity index (χ1v) is 9.27. The van der Waals surface area contributed by atoms with Crippen LogP contribution in [-0.4, -0.2) is 16.3 Å².